The van der Waals surface area contributed by atoms with Gasteiger partial charge in [0.15, 0.2) is 0 Å². The van der Waals surface area contributed by atoms with Gasteiger partial charge in [-0.3, -0.25) is 9.59 Å². The molecule has 1 heterocycles. The van der Waals surface area contributed by atoms with Crippen LogP contribution < -0.4 is 10.6 Å². The van der Waals surface area contributed by atoms with E-state index in [0.717, 1.165) is 0 Å². The molecule has 0 unspecified atom stereocenters. The Morgan fingerprint density at radius 3 is 2.35 bits per heavy atom. The molecular formula is C15H26ClN3O4. The average Bonchev–Trinajstić information content (AvgIpc) is 2.45. The van der Waals surface area contributed by atoms with Crippen LogP contribution in [-0.2, 0) is 14.3 Å². The maximum atomic E-state index is 11.8. The number of nitrogens with zero attached hydrogens (tertiary/aromatic N) is 1. The molecule has 1 aliphatic heterocycles. The predicted molar refractivity (Wildman–Crippen MR) is 87.3 cm³/mol. The SMILES string of the molecule is CC(C)(C)OC(=O)NCCC(=O)NC1CCN(C(=O)CCl)CC1. The summed E-state index contributed by atoms with van der Waals surface area (Å²) >= 11 is 5.52. The molecule has 8 heteroatoms. The van der Waals surface area contributed by atoms with Crippen LogP contribution in [0.15, 0.2) is 0 Å². The third-order valence-corrected chi connectivity index (χ3v) is 3.58. The summed E-state index contributed by atoms with van der Waals surface area (Å²) in [5.41, 5.74) is -0.555. The molecule has 3 amide bonds. The lowest BCUT2D eigenvalue weighted by atomic mass is 10.0. The van der Waals surface area contributed by atoms with E-state index < -0.39 is 11.7 Å². The smallest absolute Gasteiger partial charge is 0.407 e. The second-order valence-electron chi connectivity index (χ2n) is 6.53. The van der Waals surface area contributed by atoms with Gasteiger partial charge in [0.25, 0.3) is 0 Å². The third-order valence-electron chi connectivity index (χ3n) is 3.35. The highest BCUT2D eigenvalue weighted by Gasteiger charge is 2.23. The van der Waals surface area contributed by atoms with Gasteiger partial charge < -0.3 is 20.3 Å². The third kappa shape index (κ3) is 8.06. The fourth-order valence-electron chi connectivity index (χ4n) is 2.25. The summed E-state index contributed by atoms with van der Waals surface area (Å²) in [6.07, 6.45) is 1.10. The van der Waals surface area contributed by atoms with Crippen molar-refractivity contribution in [3.8, 4) is 0 Å². The molecule has 0 saturated carbocycles. The average molecular weight is 348 g/mol. The molecule has 0 bridgehead atoms. The summed E-state index contributed by atoms with van der Waals surface area (Å²) in [5, 5.41) is 5.46. The van der Waals surface area contributed by atoms with E-state index in [9.17, 15) is 14.4 Å². The van der Waals surface area contributed by atoms with Gasteiger partial charge >= 0.3 is 6.09 Å². The molecule has 1 rings (SSSR count). The van der Waals surface area contributed by atoms with Gasteiger partial charge in [-0.2, -0.15) is 0 Å². The minimum absolute atomic E-state index is 0.00659. The van der Waals surface area contributed by atoms with Crippen molar-refractivity contribution >= 4 is 29.5 Å². The molecule has 1 fully saturated rings. The van der Waals surface area contributed by atoms with E-state index in [0.29, 0.717) is 25.9 Å². The van der Waals surface area contributed by atoms with E-state index in [1.807, 2.05) is 0 Å². The lowest BCUT2D eigenvalue weighted by Crippen LogP contribution is -2.47. The number of ether oxygens (including phenoxy) is 1. The van der Waals surface area contributed by atoms with Crippen LogP contribution in [0.25, 0.3) is 0 Å². The minimum Gasteiger partial charge on any atom is -0.444 e. The van der Waals surface area contributed by atoms with Crippen LogP contribution in [0, 0.1) is 0 Å². The quantitative estimate of drug-likeness (QED) is 0.733. The van der Waals surface area contributed by atoms with Crippen LogP contribution in [0.4, 0.5) is 4.79 Å². The van der Waals surface area contributed by atoms with Gasteiger partial charge in [-0.05, 0) is 33.6 Å². The van der Waals surface area contributed by atoms with Crippen molar-refractivity contribution in [1.29, 1.82) is 0 Å². The summed E-state index contributed by atoms with van der Waals surface area (Å²) < 4.78 is 5.08. The Labute approximate surface area is 142 Å². The monoisotopic (exact) mass is 347 g/mol. The first-order valence-electron chi connectivity index (χ1n) is 7.81. The normalized spacial score (nSPS) is 15.9. The summed E-state index contributed by atoms with van der Waals surface area (Å²) in [7, 11) is 0. The number of carbonyl (C=O) groups is 3. The molecule has 0 aliphatic carbocycles. The number of hydrogen-bond donors (Lipinski definition) is 2. The van der Waals surface area contributed by atoms with Gasteiger partial charge in [-0.25, -0.2) is 4.79 Å². The standard InChI is InChI=1S/C15H26ClN3O4/c1-15(2,3)23-14(22)17-7-4-12(20)18-11-5-8-19(9-6-11)13(21)10-16/h11H,4-10H2,1-3H3,(H,17,22)(H,18,20). The van der Waals surface area contributed by atoms with E-state index in [1.165, 1.54) is 0 Å². The molecule has 1 saturated heterocycles. The Morgan fingerprint density at radius 1 is 1.22 bits per heavy atom. The highest BCUT2D eigenvalue weighted by atomic mass is 35.5. The first-order chi connectivity index (χ1) is 10.7. The Morgan fingerprint density at radius 2 is 1.83 bits per heavy atom. The highest BCUT2D eigenvalue weighted by Crippen LogP contribution is 2.11. The molecule has 0 aromatic heterocycles. The van der Waals surface area contributed by atoms with E-state index in [4.69, 9.17) is 16.3 Å². The number of hydrogen-bond acceptors (Lipinski definition) is 4. The molecule has 2 N–H and O–H groups in total. The Balaban J connectivity index is 2.18. The van der Waals surface area contributed by atoms with Gasteiger partial charge in [0, 0.05) is 32.1 Å². The number of alkyl carbamates (subject to hydrolysis) is 1. The summed E-state index contributed by atoms with van der Waals surface area (Å²) in [4.78, 5) is 36.5. The summed E-state index contributed by atoms with van der Waals surface area (Å²) in [5.74, 6) is -0.200. The number of amides is 3. The van der Waals surface area contributed by atoms with E-state index in [1.54, 1.807) is 25.7 Å². The van der Waals surface area contributed by atoms with Gasteiger partial charge in [0.05, 0.1) is 0 Å². The van der Waals surface area contributed by atoms with Crippen molar-refractivity contribution in [2.24, 2.45) is 0 Å². The number of nitrogens with one attached hydrogen (secondary N) is 2. The predicted octanol–water partition coefficient (Wildman–Crippen LogP) is 1.25. The zero-order valence-corrected chi connectivity index (χ0v) is 14.7. The molecule has 1 aliphatic rings. The molecule has 0 spiro atoms. The molecule has 0 aromatic carbocycles. The number of alkyl halides is 1. The van der Waals surface area contributed by atoms with Gasteiger partial charge in [-0.15, -0.1) is 11.6 Å². The van der Waals surface area contributed by atoms with E-state index in [-0.39, 0.29) is 36.7 Å². The van der Waals surface area contributed by atoms with Crippen molar-refractivity contribution < 1.29 is 19.1 Å². The molecular weight excluding hydrogens is 322 g/mol. The van der Waals surface area contributed by atoms with Crippen LogP contribution in [0.2, 0.25) is 0 Å². The first kappa shape index (κ1) is 19.5. The Hall–Kier alpha value is -1.50. The minimum atomic E-state index is -0.555. The highest BCUT2D eigenvalue weighted by molar-refractivity contribution is 6.27. The van der Waals surface area contributed by atoms with E-state index in [2.05, 4.69) is 10.6 Å². The molecule has 23 heavy (non-hydrogen) atoms. The van der Waals surface area contributed by atoms with Crippen LogP contribution in [0.3, 0.4) is 0 Å². The van der Waals surface area contributed by atoms with E-state index >= 15 is 0 Å². The summed E-state index contributed by atoms with van der Waals surface area (Å²) in [6, 6.07) is 0.0587. The second-order valence-corrected chi connectivity index (χ2v) is 6.80. The molecule has 7 nitrogen and oxygen atoms in total. The zero-order chi connectivity index (χ0) is 17.5. The van der Waals surface area contributed by atoms with Crippen LogP contribution in [-0.4, -0.2) is 60.0 Å². The number of rotatable bonds is 5. The topological polar surface area (TPSA) is 87.7 Å². The number of piperidine rings is 1. The number of halogens is 1. The molecule has 0 radical (unpaired) electrons. The number of likely N-dealkylation sites (tertiary alicyclic amines) is 1. The van der Waals surface area contributed by atoms with Crippen molar-refractivity contribution in [1.82, 2.24) is 15.5 Å². The van der Waals surface area contributed by atoms with Crippen molar-refractivity contribution in [3.05, 3.63) is 0 Å². The molecule has 0 atom stereocenters. The fourth-order valence-corrected chi connectivity index (χ4v) is 2.42. The maximum Gasteiger partial charge on any atom is 0.407 e. The fraction of sp³-hybridized carbons (Fsp3) is 0.800. The second kappa shape index (κ2) is 8.96. The van der Waals surface area contributed by atoms with Crippen LogP contribution >= 0.6 is 11.6 Å². The van der Waals surface area contributed by atoms with Gasteiger partial charge in [0.2, 0.25) is 11.8 Å². The van der Waals surface area contributed by atoms with Gasteiger partial charge in [0.1, 0.15) is 11.5 Å². The Bertz CT molecular complexity index is 429. The van der Waals surface area contributed by atoms with Crippen molar-refractivity contribution in [2.75, 3.05) is 25.5 Å². The maximum absolute atomic E-state index is 11.8. The largest absolute Gasteiger partial charge is 0.444 e. The Kier molecular flexibility index (Phi) is 7.61. The molecule has 0 aromatic rings. The molecule has 132 valence electrons. The van der Waals surface area contributed by atoms with Crippen molar-refractivity contribution in [3.63, 3.8) is 0 Å². The van der Waals surface area contributed by atoms with Gasteiger partial charge in [-0.1, -0.05) is 0 Å². The lowest BCUT2D eigenvalue weighted by Gasteiger charge is -2.32. The van der Waals surface area contributed by atoms with Crippen molar-refractivity contribution in [2.45, 2.75) is 51.7 Å². The number of carbonyl (C=O) groups excluding carboxylic acids is 3. The van der Waals surface area contributed by atoms with Crippen LogP contribution in [0.5, 0.6) is 0 Å². The summed E-state index contributed by atoms with van der Waals surface area (Å²) in [6.45, 7) is 6.77. The van der Waals surface area contributed by atoms with Crippen LogP contribution in [0.1, 0.15) is 40.0 Å². The lowest BCUT2D eigenvalue weighted by molar-refractivity contribution is -0.129. The first-order valence-corrected chi connectivity index (χ1v) is 8.34. The zero-order valence-electron chi connectivity index (χ0n) is 14.0.